The monoisotopic (exact) mass is 221 g/mol. The van der Waals surface area contributed by atoms with Gasteiger partial charge in [0.25, 0.3) is 0 Å². The van der Waals surface area contributed by atoms with Crippen molar-refractivity contribution in [3.8, 4) is 11.5 Å². The number of hydrogen-bond donors (Lipinski definition) is 1. The van der Waals surface area contributed by atoms with Crippen molar-refractivity contribution in [3.63, 3.8) is 0 Å². The molecule has 0 aromatic heterocycles. The first-order chi connectivity index (χ1) is 7.67. The summed E-state index contributed by atoms with van der Waals surface area (Å²) < 4.78 is 10.6. The van der Waals surface area contributed by atoms with Crippen LogP contribution in [0.3, 0.4) is 0 Å². The van der Waals surface area contributed by atoms with Crippen LogP contribution < -0.4 is 15.2 Å². The van der Waals surface area contributed by atoms with E-state index in [2.05, 4.69) is 13.0 Å². The average Bonchev–Trinajstić information content (AvgIpc) is 3.08. The Balaban J connectivity index is 2.22. The van der Waals surface area contributed by atoms with Gasteiger partial charge in [0.2, 0.25) is 0 Å². The third kappa shape index (κ3) is 2.00. The van der Waals surface area contributed by atoms with Crippen molar-refractivity contribution in [1.82, 2.24) is 0 Å². The molecule has 0 radical (unpaired) electrons. The molecule has 0 amide bonds. The highest BCUT2D eigenvalue weighted by molar-refractivity contribution is 5.45. The quantitative estimate of drug-likeness (QED) is 0.847. The van der Waals surface area contributed by atoms with Crippen LogP contribution in [0, 0.1) is 5.92 Å². The van der Waals surface area contributed by atoms with Crippen molar-refractivity contribution in [3.05, 3.63) is 23.8 Å². The van der Waals surface area contributed by atoms with Gasteiger partial charge < -0.3 is 15.2 Å². The lowest BCUT2D eigenvalue weighted by atomic mass is 10.1. The average molecular weight is 221 g/mol. The predicted octanol–water partition coefficient (Wildman–Crippen LogP) is 2.15. The van der Waals surface area contributed by atoms with Gasteiger partial charge in [-0.3, -0.25) is 0 Å². The molecular formula is C13H19NO2. The second-order valence-corrected chi connectivity index (χ2v) is 4.47. The van der Waals surface area contributed by atoms with Crippen molar-refractivity contribution in [2.45, 2.75) is 25.3 Å². The van der Waals surface area contributed by atoms with Crippen molar-refractivity contribution in [2.24, 2.45) is 11.7 Å². The minimum atomic E-state index is 0.261. The molecular weight excluding hydrogens is 202 g/mol. The highest BCUT2D eigenvalue weighted by Crippen LogP contribution is 2.52. The number of benzene rings is 1. The van der Waals surface area contributed by atoms with Crippen molar-refractivity contribution in [1.29, 1.82) is 0 Å². The van der Waals surface area contributed by atoms with Crippen LogP contribution in [0.15, 0.2) is 18.2 Å². The molecule has 1 aromatic carbocycles. The maximum atomic E-state index is 5.91. The Kier molecular flexibility index (Phi) is 3.06. The summed E-state index contributed by atoms with van der Waals surface area (Å²) in [4.78, 5) is 0. The summed E-state index contributed by atoms with van der Waals surface area (Å²) in [6.45, 7) is 2.07. The van der Waals surface area contributed by atoms with Gasteiger partial charge in [0, 0.05) is 12.1 Å². The zero-order valence-electron chi connectivity index (χ0n) is 10.1. The van der Waals surface area contributed by atoms with Gasteiger partial charge in [-0.05, 0) is 36.8 Å². The topological polar surface area (TPSA) is 44.5 Å². The lowest BCUT2D eigenvalue weighted by molar-refractivity contribution is 0.390. The molecule has 0 spiro atoms. The van der Waals surface area contributed by atoms with E-state index in [-0.39, 0.29) is 6.04 Å². The molecule has 0 unspecified atom stereocenters. The molecule has 0 bridgehead atoms. The number of methoxy groups -OCH3 is 2. The minimum absolute atomic E-state index is 0.261. The second kappa shape index (κ2) is 4.34. The molecule has 0 heterocycles. The highest BCUT2D eigenvalue weighted by atomic mass is 16.5. The number of nitrogens with two attached hydrogens (primary N) is 1. The van der Waals surface area contributed by atoms with E-state index in [4.69, 9.17) is 15.2 Å². The van der Waals surface area contributed by atoms with Gasteiger partial charge in [0.05, 0.1) is 14.2 Å². The SMILES string of the molecule is COc1ccc([C@H]2C[C@H]2[C@@H](C)N)c(OC)c1. The smallest absolute Gasteiger partial charge is 0.126 e. The van der Waals surface area contributed by atoms with E-state index < -0.39 is 0 Å². The van der Waals surface area contributed by atoms with Crippen LogP contribution in [0.5, 0.6) is 11.5 Å². The van der Waals surface area contributed by atoms with Gasteiger partial charge in [0.1, 0.15) is 11.5 Å². The van der Waals surface area contributed by atoms with Crippen LogP contribution in [0.25, 0.3) is 0 Å². The minimum Gasteiger partial charge on any atom is -0.497 e. The maximum Gasteiger partial charge on any atom is 0.126 e. The maximum absolute atomic E-state index is 5.91. The summed E-state index contributed by atoms with van der Waals surface area (Å²) in [6.07, 6.45) is 1.17. The van der Waals surface area contributed by atoms with Crippen LogP contribution in [-0.2, 0) is 0 Å². The molecule has 1 aromatic rings. The van der Waals surface area contributed by atoms with E-state index in [0.29, 0.717) is 11.8 Å². The molecule has 3 atom stereocenters. The summed E-state index contributed by atoms with van der Waals surface area (Å²) >= 11 is 0. The zero-order valence-corrected chi connectivity index (χ0v) is 10.1. The Hall–Kier alpha value is -1.22. The van der Waals surface area contributed by atoms with Crippen LogP contribution in [0.4, 0.5) is 0 Å². The fourth-order valence-corrected chi connectivity index (χ4v) is 2.28. The largest absolute Gasteiger partial charge is 0.497 e. The van der Waals surface area contributed by atoms with Gasteiger partial charge in [0.15, 0.2) is 0 Å². The predicted molar refractivity (Wildman–Crippen MR) is 64.0 cm³/mol. The van der Waals surface area contributed by atoms with Crippen molar-refractivity contribution in [2.75, 3.05) is 14.2 Å². The van der Waals surface area contributed by atoms with Gasteiger partial charge in [-0.1, -0.05) is 6.07 Å². The van der Waals surface area contributed by atoms with E-state index >= 15 is 0 Å². The van der Waals surface area contributed by atoms with E-state index in [1.807, 2.05) is 12.1 Å². The number of hydrogen-bond acceptors (Lipinski definition) is 3. The van der Waals surface area contributed by atoms with E-state index in [0.717, 1.165) is 11.5 Å². The van der Waals surface area contributed by atoms with E-state index in [1.54, 1.807) is 14.2 Å². The first kappa shape index (κ1) is 11.3. The molecule has 3 heteroatoms. The second-order valence-electron chi connectivity index (χ2n) is 4.47. The Morgan fingerprint density at radius 3 is 2.56 bits per heavy atom. The number of rotatable bonds is 4. The molecule has 1 aliphatic carbocycles. The summed E-state index contributed by atoms with van der Waals surface area (Å²) in [6, 6.07) is 6.27. The standard InChI is InChI=1S/C13H19NO2/c1-8(14)11-7-12(11)10-5-4-9(15-2)6-13(10)16-3/h4-6,8,11-12H,7,14H2,1-3H3/t8-,11+,12-/m1/s1. The fraction of sp³-hybridized carbons (Fsp3) is 0.538. The van der Waals surface area contributed by atoms with Crippen LogP contribution in [-0.4, -0.2) is 20.3 Å². The third-order valence-electron chi connectivity index (χ3n) is 3.36. The summed E-state index contributed by atoms with van der Waals surface area (Å²) in [5.74, 6) is 2.90. The lowest BCUT2D eigenvalue weighted by Crippen LogP contribution is -2.18. The Bertz CT molecular complexity index is 376. The number of ether oxygens (including phenoxy) is 2. The van der Waals surface area contributed by atoms with E-state index in [1.165, 1.54) is 12.0 Å². The normalized spacial score (nSPS) is 25.0. The highest BCUT2D eigenvalue weighted by Gasteiger charge is 2.42. The van der Waals surface area contributed by atoms with Crippen molar-refractivity contribution >= 4 is 0 Å². The molecule has 2 rings (SSSR count). The van der Waals surface area contributed by atoms with Crippen LogP contribution in [0.1, 0.15) is 24.8 Å². The molecule has 0 saturated heterocycles. The third-order valence-corrected chi connectivity index (χ3v) is 3.36. The van der Waals surface area contributed by atoms with Gasteiger partial charge in [-0.15, -0.1) is 0 Å². The van der Waals surface area contributed by atoms with Gasteiger partial charge >= 0.3 is 0 Å². The summed E-state index contributed by atoms with van der Waals surface area (Å²) in [5.41, 5.74) is 7.16. The molecule has 2 N–H and O–H groups in total. The molecule has 16 heavy (non-hydrogen) atoms. The summed E-state index contributed by atoms with van der Waals surface area (Å²) in [7, 11) is 3.36. The Morgan fingerprint density at radius 1 is 1.31 bits per heavy atom. The Labute approximate surface area is 96.5 Å². The molecule has 1 saturated carbocycles. The molecule has 1 aliphatic rings. The van der Waals surface area contributed by atoms with Crippen molar-refractivity contribution < 1.29 is 9.47 Å². The zero-order chi connectivity index (χ0) is 11.7. The summed E-state index contributed by atoms with van der Waals surface area (Å²) in [5, 5.41) is 0. The van der Waals surface area contributed by atoms with Gasteiger partial charge in [-0.2, -0.15) is 0 Å². The molecule has 1 fully saturated rings. The van der Waals surface area contributed by atoms with E-state index in [9.17, 15) is 0 Å². The van der Waals surface area contributed by atoms with Crippen LogP contribution >= 0.6 is 0 Å². The Morgan fingerprint density at radius 2 is 2.06 bits per heavy atom. The van der Waals surface area contributed by atoms with Crippen LogP contribution in [0.2, 0.25) is 0 Å². The van der Waals surface area contributed by atoms with Gasteiger partial charge in [-0.25, -0.2) is 0 Å². The lowest BCUT2D eigenvalue weighted by Gasteiger charge is -2.11. The fourth-order valence-electron chi connectivity index (χ4n) is 2.28. The first-order valence-corrected chi connectivity index (χ1v) is 5.65. The molecule has 3 nitrogen and oxygen atoms in total. The first-order valence-electron chi connectivity index (χ1n) is 5.65. The molecule has 0 aliphatic heterocycles. The molecule has 88 valence electrons.